The maximum absolute atomic E-state index is 11.8. The zero-order valence-electron chi connectivity index (χ0n) is 9.29. The van der Waals surface area contributed by atoms with Crippen LogP contribution in [0.1, 0.15) is 32.6 Å². The predicted molar refractivity (Wildman–Crippen MR) is 57.6 cm³/mol. The van der Waals surface area contributed by atoms with Gasteiger partial charge in [0.25, 0.3) is 0 Å². The van der Waals surface area contributed by atoms with Gasteiger partial charge >= 0.3 is 0 Å². The third kappa shape index (κ3) is 2.92. The number of carbonyl (C=O) groups is 1. The molecule has 0 bridgehead atoms. The first-order chi connectivity index (χ1) is 7.25. The van der Waals surface area contributed by atoms with Crippen LogP contribution in [-0.4, -0.2) is 37.2 Å². The van der Waals surface area contributed by atoms with Gasteiger partial charge in [0.1, 0.15) is 0 Å². The molecule has 4 nitrogen and oxygen atoms in total. The molecule has 4 heteroatoms. The van der Waals surface area contributed by atoms with Crippen molar-refractivity contribution in [3.05, 3.63) is 0 Å². The minimum absolute atomic E-state index is 0.0446. The van der Waals surface area contributed by atoms with Gasteiger partial charge in [0.15, 0.2) is 0 Å². The number of amides is 1. The lowest BCUT2D eigenvalue weighted by atomic mass is 10.0. The van der Waals surface area contributed by atoms with Crippen LogP contribution in [0.25, 0.3) is 0 Å². The van der Waals surface area contributed by atoms with E-state index in [-0.39, 0.29) is 18.1 Å². The number of ether oxygens (including phenoxy) is 1. The van der Waals surface area contributed by atoms with E-state index in [1.165, 1.54) is 0 Å². The Bertz CT molecular complexity index is 227. The van der Waals surface area contributed by atoms with Crippen LogP contribution in [0, 0.1) is 0 Å². The molecular formula is C11H20N2O2. The average molecular weight is 212 g/mol. The second-order valence-corrected chi connectivity index (χ2v) is 4.56. The molecule has 0 aliphatic carbocycles. The highest BCUT2D eigenvalue weighted by Crippen LogP contribution is 2.14. The summed E-state index contributed by atoms with van der Waals surface area (Å²) < 4.78 is 5.45. The average Bonchev–Trinajstić information content (AvgIpc) is 2.70. The number of nitrogens with one attached hydrogen (secondary N) is 2. The summed E-state index contributed by atoms with van der Waals surface area (Å²) in [7, 11) is 0. The summed E-state index contributed by atoms with van der Waals surface area (Å²) in [5.41, 5.74) is 0. The van der Waals surface area contributed by atoms with Gasteiger partial charge in [-0.3, -0.25) is 4.79 Å². The van der Waals surface area contributed by atoms with Crippen LogP contribution in [0.5, 0.6) is 0 Å². The molecule has 2 aliphatic heterocycles. The van der Waals surface area contributed by atoms with Gasteiger partial charge in [0.05, 0.1) is 12.1 Å². The molecule has 1 amide bonds. The fourth-order valence-electron chi connectivity index (χ4n) is 2.34. The topological polar surface area (TPSA) is 50.4 Å². The van der Waals surface area contributed by atoms with E-state index in [4.69, 9.17) is 4.74 Å². The molecule has 2 rings (SSSR count). The Morgan fingerprint density at radius 1 is 1.47 bits per heavy atom. The van der Waals surface area contributed by atoms with Crippen molar-refractivity contribution in [1.82, 2.24) is 10.6 Å². The van der Waals surface area contributed by atoms with Gasteiger partial charge in [0, 0.05) is 12.6 Å². The Morgan fingerprint density at radius 3 is 3.00 bits per heavy atom. The summed E-state index contributed by atoms with van der Waals surface area (Å²) in [5.74, 6) is 0.173. The molecule has 2 N–H and O–H groups in total. The van der Waals surface area contributed by atoms with Crippen LogP contribution in [0.2, 0.25) is 0 Å². The second-order valence-electron chi connectivity index (χ2n) is 4.56. The van der Waals surface area contributed by atoms with E-state index in [2.05, 4.69) is 17.6 Å². The molecular weight excluding hydrogens is 192 g/mol. The summed E-state index contributed by atoms with van der Waals surface area (Å²) in [6, 6.07) is 0.354. The summed E-state index contributed by atoms with van der Waals surface area (Å²) in [6.45, 7) is 3.80. The Labute approximate surface area is 90.8 Å². The minimum Gasteiger partial charge on any atom is -0.378 e. The zero-order valence-corrected chi connectivity index (χ0v) is 9.29. The highest BCUT2D eigenvalue weighted by Gasteiger charge is 2.26. The van der Waals surface area contributed by atoms with Crippen molar-refractivity contribution in [3.8, 4) is 0 Å². The molecule has 2 saturated heterocycles. The molecule has 0 spiro atoms. The van der Waals surface area contributed by atoms with E-state index < -0.39 is 0 Å². The largest absolute Gasteiger partial charge is 0.378 e. The summed E-state index contributed by atoms with van der Waals surface area (Å²) >= 11 is 0. The molecule has 2 heterocycles. The van der Waals surface area contributed by atoms with E-state index in [1.54, 1.807) is 0 Å². The number of carbonyl (C=O) groups excluding carboxylic acids is 1. The van der Waals surface area contributed by atoms with E-state index in [0.717, 1.165) is 38.8 Å². The number of hydrogen-bond acceptors (Lipinski definition) is 3. The molecule has 15 heavy (non-hydrogen) atoms. The molecule has 0 aromatic carbocycles. The van der Waals surface area contributed by atoms with Gasteiger partial charge in [-0.2, -0.15) is 0 Å². The van der Waals surface area contributed by atoms with Gasteiger partial charge in [-0.15, -0.1) is 0 Å². The van der Waals surface area contributed by atoms with Gasteiger partial charge < -0.3 is 15.4 Å². The predicted octanol–water partition coefficient (Wildman–Crippen LogP) is 0.422. The van der Waals surface area contributed by atoms with Crippen LogP contribution in [0.3, 0.4) is 0 Å². The molecule has 0 radical (unpaired) electrons. The normalized spacial score (nSPS) is 36.5. The van der Waals surface area contributed by atoms with Crippen molar-refractivity contribution in [3.63, 3.8) is 0 Å². The molecule has 2 aliphatic rings. The van der Waals surface area contributed by atoms with Crippen molar-refractivity contribution < 1.29 is 9.53 Å². The van der Waals surface area contributed by atoms with Gasteiger partial charge in [0.2, 0.25) is 5.91 Å². The van der Waals surface area contributed by atoms with Crippen molar-refractivity contribution in [2.75, 3.05) is 13.2 Å². The molecule has 86 valence electrons. The molecule has 3 atom stereocenters. The lowest BCUT2D eigenvalue weighted by Crippen LogP contribution is -2.48. The van der Waals surface area contributed by atoms with Crippen LogP contribution in [0.15, 0.2) is 0 Å². The van der Waals surface area contributed by atoms with E-state index >= 15 is 0 Å². The van der Waals surface area contributed by atoms with Crippen molar-refractivity contribution in [2.24, 2.45) is 0 Å². The summed E-state index contributed by atoms with van der Waals surface area (Å²) in [4.78, 5) is 11.8. The van der Waals surface area contributed by atoms with Crippen molar-refractivity contribution in [1.29, 1.82) is 0 Å². The molecule has 2 fully saturated rings. The van der Waals surface area contributed by atoms with E-state index in [9.17, 15) is 4.79 Å². The third-order valence-electron chi connectivity index (χ3n) is 3.21. The summed E-state index contributed by atoms with van der Waals surface area (Å²) in [5, 5.41) is 6.32. The maximum atomic E-state index is 11.8. The molecule has 0 aromatic rings. The SMILES string of the molecule is CC1CC(NC(=O)[C@H]2CCCN2)CCO1. The molecule has 2 unspecified atom stereocenters. The number of hydrogen-bond donors (Lipinski definition) is 2. The fourth-order valence-corrected chi connectivity index (χ4v) is 2.34. The van der Waals surface area contributed by atoms with Gasteiger partial charge in [-0.05, 0) is 39.2 Å². The second kappa shape index (κ2) is 4.94. The third-order valence-corrected chi connectivity index (χ3v) is 3.21. The van der Waals surface area contributed by atoms with Crippen molar-refractivity contribution >= 4 is 5.91 Å². The summed E-state index contributed by atoms with van der Waals surface area (Å²) in [6.07, 6.45) is 4.26. The lowest BCUT2D eigenvalue weighted by Gasteiger charge is -2.28. The molecule has 0 saturated carbocycles. The molecule has 0 aromatic heterocycles. The quantitative estimate of drug-likeness (QED) is 0.697. The minimum atomic E-state index is 0.0446. The van der Waals surface area contributed by atoms with Gasteiger partial charge in [-0.25, -0.2) is 0 Å². The lowest BCUT2D eigenvalue weighted by molar-refractivity contribution is -0.124. The Kier molecular flexibility index (Phi) is 3.59. The van der Waals surface area contributed by atoms with Crippen LogP contribution in [0.4, 0.5) is 0 Å². The van der Waals surface area contributed by atoms with E-state index in [0.29, 0.717) is 6.04 Å². The first kappa shape index (κ1) is 10.9. The van der Waals surface area contributed by atoms with Gasteiger partial charge in [-0.1, -0.05) is 0 Å². The smallest absolute Gasteiger partial charge is 0.237 e. The standard InChI is InChI=1S/C11H20N2O2/c1-8-7-9(4-6-15-8)13-11(14)10-3-2-5-12-10/h8-10,12H,2-7H2,1H3,(H,13,14)/t8?,9?,10-/m1/s1. The zero-order chi connectivity index (χ0) is 10.7. The Hall–Kier alpha value is -0.610. The maximum Gasteiger partial charge on any atom is 0.237 e. The highest BCUT2D eigenvalue weighted by molar-refractivity contribution is 5.82. The Balaban J connectivity index is 1.77. The van der Waals surface area contributed by atoms with Crippen LogP contribution < -0.4 is 10.6 Å². The highest BCUT2D eigenvalue weighted by atomic mass is 16.5. The number of rotatable bonds is 2. The van der Waals surface area contributed by atoms with Crippen LogP contribution in [-0.2, 0) is 9.53 Å². The fraction of sp³-hybridized carbons (Fsp3) is 0.909. The monoisotopic (exact) mass is 212 g/mol. The van der Waals surface area contributed by atoms with Crippen molar-refractivity contribution in [2.45, 2.75) is 50.8 Å². The van der Waals surface area contributed by atoms with E-state index in [1.807, 2.05) is 0 Å². The first-order valence-corrected chi connectivity index (χ1v) is 5.91. The first-order valence-electron chi connectivity index (χ1n) is 5.91. The Morgan fingerprint density at radius 2 is 2.33 bits per heavy atom. The van der Waals surface area contributed by atoms with Crippen LogP contribution >= 0.6 is 0 Å².